The summed E-state index contributed by atoms with van der Waals surface area (Å²) < 4.78 is 37.7. The molecule has 5 rings (SSSR count). The molecule has 0 amide bonds. The van der Waals surface area contributed by atoms with Crippen molar-refractivity contribution in [2.75, 3.05) is 0 Å². The van der Waals surface area contributed by atoms with Gasteiger partial charge < -0.3 is 4.74 Å². The summed E-state index contributed by atoms with van der Waals surface area (Å²) in [4.78, 5) is 11.7. The van der Waals surface area contributed by atoms with E-state index in [0.717, 1.165) is 56.9 Å². The fourth-order valence-electron chi connectivity index (χ4n) is 7.99. The van der Waals surface area contributed by atoms with Gasteiger partial charge in [0.2, 0.25) is 0 Å². The van der Waals surface area contributed by atoms with Crippen LogP contribution in [-0.2, 0) is 23.8 Å². The van der Waals surface area contributed by atoms with Gasteiger partial charge in [0, 0.05) is 13.3 Å². The lowest BCUT2D eigenvalue weighted by atomic mass is 9.48. The normalized spacial score (nSPS) is 39.4. The molecule has 4 aliphatic rings. The number of allylic oxidation sites excluding steroid dienone is 1. The van der Waals surface area contributed by atoms with E-state index < -0.39 is 10.1 Å². The zero-order valence-electron chi connectivity index (χ0n) is 20.9. The van der Waals surface area contributed by atoms with E-state index >= 15 is 0 Å². The summed E-state index contributed by atoms with van der Waals surface area (Å²) in [7, 11) is -3.78. The van der Waals surface area contributed by atoms with Crippen molar-refractivity contribution in [2.24, 2.45) is 28.6 Å². The Morgan fingerprint density at radius 2 is 1.74 bits per heavy atom. The molecule has 1 aromatic rings. The molecule has 34 heavy (non-hydrogen) atoms. The van der Waals surface area contributed by atoms with Gasteiger partial charge in [-0.05, 0) is 92.6 Å². The van der Waals surface area contributed by atoms with Gasteiger partial charge in [-0.2, -0.15) is 8.42 Å². The smallest absolute Gasteiger partial charge is 0.302 e. The van der Waals surface area contributed by atoms with Crippen LogP contribution in [0.3, 0.4) is 0 Å². The first-order valence-electron chi connectivity index (χ1n) is 12.9. The van der Waals surface area contributed by atoms with Gasteiger partial charge in [0.15, 0.2) is 0 Å². The molecule has 5 nitrogen and oxygen atoms in total. The van der Waals surface area contributed by atoms with Gasteiger partial charge in [0.05, 0.1) is 11.0 Å². The quantitative estimate of drug-likeness (QED) is 0.298. The molecule has 0 aliphatic heterocycles. The number of carbonyl (C=O) groups excluding carboxylic acids is 1. The SMILES string of the molecule is CC(=O)O[C@H]1CC[C@@]2(C)C(=CC[C@H]3[C@H]4CC[C@H](OS(=O)(=O)c5ccc(C)cc5)[C@@]4(C)CC[C@H]32)C1. The molecular weight excluding hydrogens is 448 g/mol. The molecule has 7 atom stereocenters. The molecule has 0 aromatic heterocycles. The Morgan fingerprint density at radius 1 is 1.00 bits per heavy atom. The Kier molecular flexibility index (Phi) is 6.00. The zero-order valence-corrected chi connectivity index (χ0v) is 21.7. The molecule has 3 saturated carbocycles. The van der Waals surface area contributed by atoms with Gasteiger partial charge in [0.25, 0.3) is 10.1 Å². The van der Waals surface area contributed by atoms with Crippen molar-refractivity contribution in [3.63, 3.8) is 0 Å². The van der Waals surface area contributed by atoms with Crippen LogP contribution < -0.4 is 0 Å². The average Bonchev–Trinajstić information content (AvgIpc) is 3.09. The Bertz CT molecular complexity index is 1090. The van der Waals surface area contributed by atoms with Gasteiger partial charge >= 0.3 is 5.97 Å². The Morgan fingerprint density at radius 3 is 2.44 bits per heavy atom. The van der Waals surface area contributed by atoms with Crippen LogP contribution in [0.25, 0.3) is 0 Å². The summed E-state index contributed by atoms with van der Waals surface area (Å²) in [6.45, 7) is 8.15. The summed E-state index contributed by atoms with van der Waals surface area (Å²) in [5.74, 6) is 1.46. The highest BCUT2D eigenvalue weighted by atomic mass is 32.2. The monoisotopic (exact) mass is 486 g/mol. The van der Waals surface area contributed by atoms with Crippen LogP contribution in [0.1, 0.15) is 77.7 Å². The number of esters is 1. The molecule has 0 unspecified atom stereocenters. The van der Waals surface area contributed by atoms with E-state index in [0.29, 0.717) is 17.8 Å². The van der Waals surface area contributed by atoms with Crippen molar-refractivity contribution >= 4 is 16.1 Å². The van der Waals surface area contributed by atoms with E-state index in [4.69, 9.17) is 8.92 Å². The number of benzene rings is 1. The molecular formula is C28H38O5S. The van der Waals surface area contributed by atoms with E-state index in [-0.39, 0.29) is 33.9 Å². The predicted molar refractivity (Wildman–Crippen MR) is 130 cm³/mol. The van der Waals surface area contributed by atoms with E-state index in [1.54, 1.807) is 12.1 Å². The average molecular weight is 487 g/mol. The predicted octanol–water partition coefficient (Wildman–Crippen LogP) is 5.96. The molecule has 0 N–H and O–H groups in total. The lowest BCUT2D eigenvalue weighted by molar-refractivity contribution is -0.148. The van der Waals surface area contributed by atoms with Gasteiger partial charge in [-0.15, -0.1) is 0 Å². The number of aryl methyl sites for hydroxylation is 1. The van der Waals surface area contributed by atoms with E-state index in [9.17, 15) is 13.2 Å². The maximum absolute atomic E-state index is 13.1. The van der Waals surface area contributed by atoms with Gasteiger partial charge in [-0.1, -0.05) is 43.2 Å². The van der Waals surface area contributed by atoms with Crippen LogP contribution >= 0.6 is 0 Å². The van der Waals surface area contributed by atoms with Crippen molar-refractivity contribution in [1.29, 1.82) is 0 Å². The lowest BCUT2D eigenvalue weighted by Crippen LogP contribution is -2.51. The van der Waals surface area contributed by atoms with Crippen molar-refractivity contribution < 1.29 is 22.1 Å². The first kappa shape index (κ1) is 24.1. The first-order chi connectivity index (χ1) is 16.0. The minimum Gasteiger partial charge on any atom is -0.462 e. The third-order valence-electron chi connectivity index (χ3n) is 9.86. The zero-order chi connectivity index (χ0) is 24.3. The van der Waals surface area contributed by atoms with Gasteiger partial charge in [-0.25, -0.2) is 0 Å². The fourth-order valence-corrected chi connectivity index (χ4v) is 9.19. The number of hydrogen-bond acceptors (Lipinski definition) is 5. The third kappa shape index (κ3) is 3.95. The molecule has 1 aromatic carbocycles. The maximum atomic E-state index is 13.1. The van der Waals surface area contributed by atoms with Crippen LogP contribution in [0.5, 0.6) is 0 Å². The van der Waals surface area contributed by atoms with Crippen LogP contribution in [0.15, 0.2) is 40.8 Å². The molecule has 186 valence electrons. The second kappa shape index (κ2) is 8.48. The molecule has 3 fully saturated rings. The molecule has 4 aliphatic carbocycles. The highest BCUT2D eigenvalue weighted by molar-refractivity contribution is 7.86. The number of carbonyl (C=O) groups is 1. The molecule has 0 heterocycles. The van der Waals surface area contributed by atoms with E-state index in [2.05, 4.69) is 19.9 Å². The van der Waals surface area contributed by atoms with Crippen molar-refractivity contribution in [3.8, 4) is 0 Å². The van der Waals surface area contributed by atoms with Crippen molar-refractivity contribution in [3.05, 3.63) is 41.5 Å². The largest absolute Gasteiger partial charge is 0.462 e. The molecule has 0 bridgehead atoms. The lowest BCUT2D eigenvalue weighted by Gasteiger charge is -2.57. The van der Waals surface area contributed by atoms with E-state index in [1.165, 1.54) is 12.5 Å². The molecule has 0 radical (unpaired) electrons. The summed E-state index contributed by atoms with van der Waals surface area (Å²) in [6, 6.07) is 6.94. The Labute approximate surface area is 204 Å². The maximum Gasteiger partial charge on any atom is 0.302 e. The summed E-state index contributed by atoms with van der Waals surface area (Å²) in [5.41, 5.74) is 2.55. The minimum atomic E-state index is -3.78. The number of rotatable bonds is 4. The Hall–Kier alpha value is -1.66. The highest BCUT2D eigenvalue weighted by Crippen LogP contribution is 2.65. The van der Waals surface area contributed by atoms with Gasteiger partial charge in [-0.3, -0.25) is 8.98 Å². The van der Waals surface area contributed by atoms with E-state index in [1.807, 2.05) is 19.1 Å². The highest BCUT2D eigenvalue weighted by Gasteiger charge is 2.59. The number of fused-ring (bicyclic) bond motifs is 5. The second-order valence-corrected chi connectivity index (χ2v) is 13.3. The van der Waals surface area contributed by atoms with Crippen molar-refractivity contribution in [1.82, 2.24) is 0 Å². The molecule has 0 saturated heterocycles. The molecule has 6 heteroatoms. The fraction of sp³-hybridized carbons (Fsp3) is 0.679. The van der Waals surface area contributed by atoms with Crippen LogP contribution in [0.4, 0.5) is 0 Å². The standard InChI is InChI=1S/C28H38O5S/c1-18-5-8-22(9-6-18)34(30,31)33-26-12-11-24-23-10-7-20-17-21(32-19(2)29)13-15-27(20,3)25(23)14-16-28(24,26)4/h5-9,21,23-26H,10-17H2,1-4H3/t21-,23-,24+,25+,26-,27-,28-/m0/s1. The molecule has 0 spiro atoms. The van der Waals surface area contributed by atoms with Crippen LogP contribution in [-0.4, -0.2) is 26.6 Å². The first-order valence-corrected chi connectivity index (χ1v) is 14.3. The topological polar surface area (TPSA) is 69.7 Å². The number of hydrogen-bond donors (Lipinski definition) is 0. The van der Waals surface area contributed by atoms with Crippen LogP contribution in [0, 0.1) is 35.5 Å². The summed E-state index contributed by atoms with van der Waals surface area (Å²) in [6.07, 6.45) is 10.0. The summed E-state index contributed by atoms with van der Waals surface area (Å²) in [5, 5.41) is 0. The minimum absolute atomic E-state index is 0.0125. The Balaban J connectivity index is 1.35. The number of ether oxygens (including phenoxy) is 1. The second-order valence-electron chi connectivity index (χ2n) is 11.7. The van der Waals surface area contributed by atoms with Crippen LogP contribution in [0.2, 0.25) is 0 Å². The van der Waals surface area contributed by atoms with Gasteiger partial charge in [0.1, 0.15) is 6.10 Å². The third-order valence-corrected chi connectivity index (χ3v) is 11.2. The summed E-state index contributed by atoms with van der Waals surface area (Å²) >= 11 is 0. The van der Waals surface area contributed by atoms with Crippen molar-refractivity contribution in [2.45, 2.75) is 96.2 Å².